The topological polar surface area (TPSA) is 66.5 Å². The van der Waals surface area contributed by atoms with Crippen molar-refractivity contribution in [3.63, 3.8) is 0 Å². The maximum atomic E-state index is 9.59. The Balaban J connectivity index is 0.000000184. The number of rotatable bonds is 2. The number of para-hydroxylation sites is 1. The van der Waals surface area contributed by atoms with Crippen molar-refractivity contribution in [3.8, 4) is 11.5 Å². The summed E-state index contributed by atoms with van der Waals surface area (Å²) in [6.07, 6.45) is 6.70. The molecule has 2 saturated carbocycles. The molecule has 4 unspecified atom stereocenters. The van der Waals surface area contributed by atoms with Crippen molar-refractivity contribution in [2.75, 3.05) is 0 Å². The fourth-order valence-electron chi connectivity index (χ4n) is 4.74. The van der Waals surface area contributed by atoms with Gasteiger partial charge in [0.05, 0.1) is 18.0 Å². The first-order valence-corrected chi connectivity index (χ1v) is 10.8. The molecule has 5 heteroatoms. The van der Waals surface area contributed by atoms with Gasteiger partial charge in [0.15, 0.2) is 0 Å². The maximum Gasteiger partial charge on any atom is 0.0595 e. The first-order valence-electron chi connectivity index (χ1n) is 10.8. The zero-order valence-corrected chi connectivity index (χ0v) is 19.9. The van der Waals surface area contributed by atoms with Crippen molar-refractivity contribution in [2.45, 2.75) is 64.1 Å². The van der Waals surface area contributed by atoms with Gasteiger partial charge in [-0.15, -0.1) is 17.5 Å². The molecule has 0 bridgehead atoms. The monoisotopic (exact) mass is 585 g/mol. The van der Waals surface area contributed by atoms with Crippen LogP contribution < -0.4 is 0 Å². The number of aromatic nitrogens is 1. The molecule has 0 spiro atoms. The Morgan fingerprint density at radius 3 is 2.53 bits per heavy atom. The van der Waals surface area contributed by atoms with Crippen molar-refractivity contribution in [2.24, 2.45) is 11.8 Å². The van der Waals surface area contributed by atoms with Crippen LogP contribution in [0.2, 0.25) is 0 Å². The third kappa shape index (κ3) is 5.03. The van der Waals surface area contributed by atoms with E-state index in [-0.39, 0.29) is 38.2 Å². The molecule has 2 heterocycles. The van der Waals surface area contributed by atoms with Crippen LogP contribution in [0.5, 0.6) is 0 Å². The summed E-state index contributed by atoms with van der Waals surface area (Å²) in [6.45, 7) is 4.34. The second-order valence-corrected chi connectivity index (χ2v) is 8.66. The van der Waals surface area contributed by atoms with E-state index < -0.39 is 0 Å². The molecule has 2 aromatic heterocycles. The molecule has 5 rings (SSSR count). The number of aliphatic hydroxyl groups is 2. The van der Waals surface area contributed by atoms with E-state index in [0.717, 1.165) is 42.3 Å². The quantitative estimate of drug-likeness (QED) is 0.400. The van der Waals surface area contributed by atoms with Crippen LogP contribution in [0.25, 0.3) is 22.4 Å². The Morgan fingerprint density at radius 1 is 1.03 bits per heavy atom. The smallest absolute Gasteiger partial charge is 0.0595 e. The number of furan rings is 1. The van der Waals surface area contributed by atoms with Crippen LogP contribution in [-0.4, -0.2) is 27.4 Å². The Kier molecular flexibility index (Phi) is 7.86. The summed E-state index contributed by atoms with van der Waals surface area (Å²) in [6, 6.07) is 15.2. The first kappa shape index (κ1) is 23.1. The van der Waals surface area contributed by atoms with E-state index in [4.69, 9.17) is 4.42 Å². The Labute approximate surface area is 192 Å². The maximum absolute atomic E-state index is 9.59. The van der Waals surface area contributed by atoms with Gasteiger partial charge in [0, 0.05) is 43.5 Å². The predicted molar refractivity (Wildman–Crippen MR) is 114 cm³/mol. The molecule has 30 heavy (non-hydrogen) atoms. The van der Waals surface area contributed by atoms with Gasteiger partial charge in [0.2, 0.25) is 0 Å². The van der Waals surface area contributed by atoms with Crippen molar-refractivity contribution in [3.05, 3.63) is 54.2 Å². The van der Waals surface area contributed by atoms with Crippen LogP contribution in [0.1, 0.15) is 57.4 Å². The normalized spacial score (nSPS) is 25.4. The molecule has 2 aliphatic carbocycles. The van der Waals surface area contributed by atoms with E-state index in [9.17, 15) is 10.2 Å². The van der Waals surface area contributed by atoms with Crippen LogP contribution >= 0.6 is 0 Å². The molecule has 4 nitrogen and oxygen atoms in total. The fraction of sp³-hybridized carbons (Fsp3) is 0.480. The van der Waals surface area contributed by atoms with Crippen molar-refractivity contribution < 1.29 is 34.7 Å². The minimum absolute atomic E-state index is 0. The van der Waals surface area contributed by atoms with Crippen LogP contribution in [0.15, 0.2) is 47.0 Å². The molecule has 2 aliphatic rings. The van der Waals surface area contributed by atoms with Gasteiger partial charge in [-0.2, -0.15) is 0 Å². The summed E-state index contributed by atoms with van der Waals surface area (Å²) >= 11 is 0. The predicted octanol–water partition coefficient (Wildman–Crippen LogP) is 5.33. The summed E-state index contributed by atoms with van der Waals surface area (Å²) in [5, 5.41) is 20.1. The molecule has 2 N–H and O–H groups in total. The summed E-state index contributed by atoms with van der Waals surface area (Å²) < 4.78 is 5.77. The van der Waals surface area contributed by atoms with E-state index in [1.165, 1.54) is 12.0 Å². The van der Waals surface area contributed by atoms with Crippen LogP contribution in [0.3, 0.4) is 0 Å². The van der Waals surface area contributed by atoms with Crippen molar-refractivity contribution in [1.29, 1.82) is 0 Å². The van der Waals surface area contributed by atoms with E-state index in [2.05, 4.69) is 31.0 Å². The molecular formula is C25H30IrNO3-. The number of hydrogen-bond donors (Lipinski definition) is 2. The van der Waals surface area contributed by atoms with E-state index >= 15 is 0 Å². The molecule has 3 aromatic rings. The zero-order chi connectivity index (χ0) is 20.4. The Hall–Kier alpha value is -1.52. The molecule has 2 fully saturated rings. The molecule has 0 aliphatic heterocycles. The second-order valence-electron chi connectivity index (χ2n) is 8.66. The zero-order valence-electron chi connectivity index (χ0n) is 17.5. The van der Waals surface area contributed by atoms with Crippen molar-refractivity contribution in [1.82, 2.24) is 4.98 Å². The number of pyridine rings is 1. The SMILES string of the molecule is CC(C)c1ccnc(-c2[c-]c3ccccc3o2)c1.OC1CCCC2CCC(O)C12.[Ir]. The molecule has 1 radical (unpaired) electrons. The molecule has 1 aromatic carbocycles. The van der Waals surface area contributed by atoms with Gasteiger partial charge >= 0.3 is 0 Å². The second kappa shape index (κ2) is 10.2. The van der Waals surface area contributed by atoms with E-state index in [1.54, 1.807) is 0 Å². The van der Waals surface area contributed by atoms with Gasteiger partial charge in [0.25, 0.3) is 0 Å². The summed E-state index contributed by atoms with van der Waals surface area (Å²) in [4.78, 5) is 4.36. The molecular weight excluding hydrogens is 554 g/mol. The fourth-order valence-corrected chi connectivity index (χ4v) is 4.74. The van der Waals surface area contributed by atoms with Gasteiger partial charge in [-0.25, -0.2) is 0 Å². The van der Waals surface area contributed by atoms with E-state index in [1.807, 2.05) is 36.5 Å². The summed E-state index contributed by atoms with van der Waals surface area (Å²) in [7, 11) is 0. The average molecular weight is 585 g/mol. The van der Waals surface area contributed by atoms with E-state index in [0.29, 0.717) is 17.6 Å². The Bertz CT molecular complexity index is 919. The number of hydrogen-bond acceptors (Lipinski definition) is 4. The average Bonchev–Trinajstić information content (AvgIpc) is 3.33. The van der Waals surface area contributed by atoms with Gasteiger partial charge in [0.1, 0.15) is 0 Å². The first-order chi connectivity index (χ1) is 14.0. The minimum Gasteiger partial charge on any atom is -0.518 e. The number of fused-ring (bicyclic) bond motifs is 2. The summed E-state index contributed by atoms with van der Waals surface area (Å²) in [5.74, 6) is 2.02. The van der Waals surface area contributed by atoms with Gasteiger partial charge in [-0.05, 0) is 43.6 Å². The standard InChI is InChI=1S/C16H14NO.C9H16O2.Ir/c1-11(2)12-7-8-17-14(9-12)16-10-13-5-3-4-6-15(13)18-16;10-7-3-1-2-6-4-5-8(11)9(6)7;/h3-9,11H,1-2H3;6-11H,1-5H2;/q-1;;. The number of aliphatic hydroxyl groups excluding tert-OH is 2. The number of nitrogens with zero attached hydrogens (tertiary/aromatic N) is 1. The molecule has 0 saturated heterocycles. The number of benzene rings is 1. The van der Waals surface area contributed by atoms with Crippen LogP contribution in [0, 0.1) is 17.9 Å². The largest absolute Gasteiger partial charge is 0.518 e. The minimum atomic E-state index is -0.216. The summed E-state index contributed by atoms with van der Waals surface area (Å²) in [5.41, 5.74) is 2.95. The molecule has 4 atom stereocenters. The molecule has 0 amide bonds. The Morgan fingerprint density at radius 2 is 1.80 bits per heavy atom. The van der Waals surface area contributed by atoms with Crippen LogP contribution in [-0.2, 0) is 20.1 Å². The third-order valence-corrected chi connectivity index (χ3v) is 6.37. The third-order valence-electron chi connectivity index (χ3n) is 6.37. The molecule has 163 valence electrons. The van der Waals surface area contributed by atoms with Gasteiger partial charge < -0.3 is 19.6 Å². The van der Waals surface area contributed by atoms with Crippen molar-refractivity contribution >= 4 is 11.0 Å². The van der Waals surface area contributed by atoms with Crippen LogP contribution in [0.4, 0.5) is 0 Å². The van der Waals surface area contributed by atoms with Gasteiger partial charge in [-0.1, -0.05) is 50.1 Å². The van der Waals surface area contributed by atoms with Gasteiger partial charge in [-0.3, -0.25) is 0 Å².